The molecule has 1 aromatic carbocycles. The van der Waals surface area contributed by atoms with E-state index in [4.69, 9.17) is 0 Å². The van der Waals surface area contributed by atoms with Gasteiger partial charge in [-0.05, 0) is 31.4 Å². The molecule has 1 N–H and O–H groups in total. The Labute approximate surface area is 101 Å². The zero-order valence-corrected chi connectivity index (χ0v) is 10.2. The highest BCUT2D eigenvalue weighted by atomic mass is 32.2. The first-order valence-electron chi connectivity index (χ1n) is 4.95. The van der Waals surface area contributed by atoms with Gasteiger partial charge in [0, 0.05) is 15.8 Å². The standard InChI is InChI=1S/C12H10FNO2S/c1-6(15)10-11(17-2)8-5-7(13)3-4-9(8)14-12(10)16/h3-5H,1-2H3,(H,14,16). The van der Waals surface area contributed by atoms with E-state index in [1.807, 2.05) is 0 Å². The molecule has 0 saturated carbocycles. The van der Waals surface area contributed by atoms with Crippen LogP contribution in [-0.2, 0) is 0 Å². The van der Waals surface area contributed by atoms with E-state index in [1.54, 1.807) is 6.26 Å². The molecule has 1 heterocycles. The molecule has 5 heteroatoms. The molecule has 3 nitrogen and oxygen atoms in total. The van der Waals surface area contributed by atoms with Gasteiger partial charge in [0.25, 0.3) is 5.56 Å². The number of carbonyl (C=O) groups excluding carboxylic acids is 1. The van der Waals surface area contributed by atoms with Crippen LogP contribution < -0.4 is 5.56 Å². The van der Waals surface area contributed by atoms with E-state index in [1.165, 1.54) is 36.9 Å². The van der Waals surface area contributed by atoms with Crippen molar-refractivity contribution < 1.29 is 9.18 Å². The molecule has 0 bridgehead atoms. The van der Waals surface area contributed by atoms with Crippen LogP contribution in [-0.4, -0.2) is 17.0 Å². The highest BCUT2D eigenvalue weighted by Crippen LogP contribution is 2.27. The highest BCUT2D eigenvalue weighted by molar-refractivity contribution is 7.99. The summed E-state index contributed by atoms with van der Waals surface area (Å²) in [5, 5.41) is 0.558. The van der Waals surface area contributed by atoms with E-state index >= 15 is 0 Å². The van der Waals surface area contributed by atoms with E-state index < -0.39 is 11.4 Å². The fraction of sp³-hybridized carbons (Fsp3) is 0.167. The monoisotopic (exact) mass is 251 g/mol. The minimum Gasteiger partial charge on any atom is -0.321 e. The van der Waals surface area contributed by atoms with Gasteiger partial charge in [0.1, 0.15) is 5.82 Å². The summed E-state index contributed by atoms with van der Waals surface area (Å²) in [6, 6.07) is 4.09. The Morgan fingerprint density at radius 1 is 1.41 bits per heavy atom. The summed E-state index contributed by atoms with van der Waals surface area (Å²) in [7, 11) is 0. The van der Waals surface area contributed by atoms with Gasteiger partial charge in [0.2, 0.25) is 0 Å². The Bertz CT molecular complexity index is 663. The van der Waals surface area contributed by atoms with Crippen molar-refractivity contribution >= 4 is 28.4 Å². The lowest BCUT2D eigenvalue weighted by Crippen LogP contribution is -2.17. The molecule has 0 spiro atoms. The minimum absolute atomic E-state index is 0.0931. The first-order chi connectivity index (χ1) is 8.04. The first-order valence-corrected chi connectivity index (χ1v) is 6.17. The lowest BCUT2D eigenvalue weighted by atomic mass is 10.1. The lowest BCUT2D eigenvalue weighted by Gasteiger charge is -2.08. The number of hydrogen-bond donors (Lipinski definition) is 1. The predicted molar refractivity (Wildman–Crippen MR) is 66.3 cm³/mol. The predicted octanol–water partition coefficient (Wildman–Crippen LogP) is 2.59. The molecule has 88 valence electrons. The molecule has 0 radical (unpaired) electrons. The summed E-state index contributed by atoms with van der Waals surface area (Å²) in [5.74, 6) is -0.712. The number of aromatic nitrogens is 1. The van der Waals surface area contributed by atoms with Crippen molar-refractivity contribution in [3.05, 3.63) is 39.9 Å². The highest BCUT2D eigenvalue weighted by Gasteiger charge is 2.15. The van der Waals surface area contributed by atoms with Crippen LogP contribution in [0.1, 0.15) is 17.3 Å². The Morgan fingerprint density at radius 2 is 2.12 bits per heavy atom. The molecular weight excluding hydrogens is 241 g/mol. The Hall–Kier alpha value is -1.62. The SMILES string of the molecule is CSc1c(C(C)=O)c(=O)[nH]c2ccc(F)cc12. The van der Waals surface area contributed by atoms with Gasteiger partial charge >= 0.3 is 0 Å². The third kappa shape index (κ3) is 1.98. The summed E-state index contributed by atoms with van der Waals surface area (Å²) in [4.78, 5) is 26.3. The van der Waals surface area contributed by atoms with Crippen LogP contribution in [0.25, 0.3) is 10.9 Å². The number of ketones is 1. The number of fused-ring (bicyclic) bond motifs is 1. The minimum atomic E-state index is -0.430. The van der Waals surface area contributed by atoms with Gasteiger partial charge < -0.3 is 4.98 Å². The van der Waals surface area contributed by atoms with Crippen molar-refractivity contribution in [3.8, 4) is 0 Å². The molecule has 0 aliphatic rings. The summed E-state index contributed by atoms with van der Waals surface area (Å²) in [5.41, 5.74) is 0.197. The molecule has 2 rings (SSSR count). The van der Waals surface area contributed by atoms with Crippen LogP contribution in [0.3, 0.4) is 0 Å². The molecular formula is C12H10FNO2S. The molecule has 1 aromatic heterocycles. The van der Waals surface area contributed by atoms with Gasteiger partial charge in [-0.1, -0.05) is 0 Å². The molecule has 0 unspecified atom stereocenters. The fourth-order valence-corrected chi connectivity index (χ4v) is 2.60. The molecule has 0 amide bonds. The van der Waals surface area contributed by atoms with Crippen LogP contribution in [0.4, 0.5) is 4.39 Å². The molecule has 2 aromatic rings. The van der Waals surface area contributed by atoms with Gasteiger partial charge in [-0.3, -0.25) is 9.59 Å². The quantitative estimate of drug-likeness (QED) is 0.659. The summed E-state index contributed by atoms with van der Waals surface area (Å²) in [6.45, 7) is 1.33. The second-order valence-corrected chi connectivity index (χ2v) is 4.42. The average Bonchev–Trinajstić information content (AvgIpc) is 2.27. The van der Waals surface area contributed by atoms with Gasteiger partial charge in [-0.25, -0.2) is 4.39 Å². The van der Waals surface area contributed by atoms with Crippen LogP contribution in [0, 0.1) is 5.82 Å². The Morgan fingerprint density at radius 3 is 2.71 bits per heavy atom. The Kier molecular flexibility index (Phi) is 3.02. The zero-order valence-electron chi connectivity index (χ0n) is 9.33. The maximum Gasteiger partial charge on any atom is 0.260 e. The number of halogens is 1. The second kappa shape index (κ2) is 4.33. The largest absolute Gasteiger partial charge is 0.321 e. The van der Waals surface area contributed by atoms with Crippen molar-refractivity contribution in [1.82, 2.24) is 4.98 Å². The molecule has 0 aliphatic heterocycles. The number of aromatic amines is 1. The number of H-pyrrole nitrogens is 1. The second-order valence-electron chi connectivity index (χ2n) is 3.61. The Balaban J connectivity index is 2.97. The smallest absolute Gasteiger partial charge is 0.260 e. The normalized spacial score (nSPS) is 10.8. The number of benzene rings is 1. The maximum atomic E-state index is 13.2. The summed E-state index contributed by atoms with van der Waals surface area (Å²) >= 11 is 1.27. The van der Waals surface area contributed by atoms with Crippen LogP contribution in [0.15, 0.2) is 27.9 Å². The van der Waals surface area contributed by atoms with Crippen molar-refractivity contribution in [2.45, 2.75) is 11.8 Å². The third-order valence-corrected chi connectivity index (χ3v) is 3.32. The molecule has 0 fully saturated rings. The van der Waals surface area contributed by atoms with Gasteiger partial charge in [-0.15, -0.1) is 11.8 Å². The van der Waals surface area contributed by atoms with E-state index in [9.17, 15) is 14.0 Å². The van der Waals surface area contributed by atoms with Crippen molar-refractivity contribution in [3.63, 3.8) is 0 Å². The number of carbonyl (C=O) groups is 1. The van der Waals surface area contributed by atoms with E-state index in [0.29, 0.717) is 15.8 Å². The molecule has 0 atom stereocenters. The summed E-state index contributed by atoms with van der Waals surface area (Å²) in [6.07, 6.45) is 1.76. The maximum absolute atomic E-state index is 13.2. The number of pyridine rings is 1. The van der Waals surface area contributed by atoms with E-state index in [0.717, 1.165) is 0 Å². The van der Waals surface area contributed by atoms with Gasteiger partial charge in [-0.2, -0.15) is 0 Å². The molecule has 0 aliphatic carbocycles. The topological polar surface area (TPSA) is 49.9 Å². The number of Topliss-reactive ketones (excluding diaryl/α,β-unsaturated/α-hetero) is 1. The molecule has 17 heavy (non-hydrogen) atoms. The van der Waals surface area contributed by atoms with E-state index in [2.05, 4.69) is 4.98 Å². The number of rotatable bonds is 2. The van der Waals surface area contributed by atoms with Crippen molar-refractivity contribution in [2.75, 3.05) is 6.26 Å². The van der Waals surface area contributed by atoms with Crippen LogP contribution >= 0.6 is 11.8 Å². The zero-order chi connectivity index (χ0) is 12.6. The summed E-state index contributed by atoms with van der Waals surface area (Å²) < 4.78 is 13.2. The first kappa shape index (κ1) is 11.9. The van der Waals surface area contributed by atoms with Crippen molar-refractivity contribution in [2.24, 2.45) is 0 Å². The average molecular weight is 251 g/mol. The van der Waals surface area contributed by atoms with Gasteiger partial charge in [0.05, 0.1) is 5.56 Å². The number of hydrogen-bond acceptors (Lipinski definition) is 3. The lowest BCUT2D eigenvalue weighted by molar-refractivity contribution is 0.101. The third-order valence-electron chi connectivity index (χ3n) is 2.48. The number of nitrogens with one attached hydrogen (secondary N) is 1. The van der Waals surface area contributed by atoms with Crippen LogP contribution in [0.5, 0.6) is 0 Å². The fourth-order valence-electron chi connectivity index (χ4n) is 1.77. The van der Waals surface area contributed by atoms with Crippen LogP contribution in [0.2, 0.25) is 0 Å². The van der Waals surface area contributed by atoms with Gasteiger partial charge in [0.15, 0.2) is 5.78 Å². The molecule has 0 saturated heterocycles. The van der Waals surface area contributed by atoms with Crippen molar-refractivity contribution in [1.29, 1.82) is 0 Å². The van der Waals surface area contributed by atoms with E-state index in [-0.39, 0.29) is 11.3 Å². The number of thioether (sulfide) groups is 1.